The van der Waals surface area contributed by atoms with Crippen LogP contribution in [0.4, 0.5) is 30.7 Å². The Balaban J connectivity index is 1.85. The molecule has 0 fully saturated rings. The van der Waals surface area contributed by atoms with E-state index in [0.717, 1.165) is 42.5 Å². The van der Waals surface area contributed by atoms with E-state index in [2.05, 4.69) is 21.1 Å². The molecule has 0 aliphatic rings. The molecule has 2 heterocycles. The number of aromatic nitrogens is 3. The second-order valence-electron chi connectivity index (χ2n) is 10.9. The van der Waals surface area contributed by atoms with Gasteiger partial charge in [-0.3, -0.25) is 4.79 Å². The average Bonchev–Trinajstić information content (AvgIpc) is 3.58. The number of hydrogen-bond donors (Lipinski definition) is 2. The van der Waals surface area contributed by atoms with Crippen LogP contribution < -0.4 is 4.72 Å². The zero-order valence-electron chi connectivity index (χ0n) is 24.4. The lowest BCUT2D eigenvalue weighted by molar-refractivity contribution is -0.151. The van der Waals surface area contributed by atoms with Crippen LogP contribution in [0.3, 0.4) is 0 Å². The largest absolute Gasteiger partial charge is 0.481 e. The SMILES string of the molecule is C=S(=O)(N[C@@H](CC)C(F)(F)F)c1ccc(-c2sc(-c3nnc(CC(C)(C)C(=O)O)o3)nc2Cc2ccc(F)cc2)c(C(F)F)c1F. The maximum Gasteiger partial charge on any atom is 0.404 e. The number of aliphatic carboxylic acids is 1. The normalized spacial score (nSPS) is 14.4. The number of benzene rings is 2. The van der Waals surface area contributed by atoms with E-state index in [1.807, 2.05) is 0 Å². The van der Waals surface area contributed by atoms with Crippen LogP contribution in [-0.2, 0) is 27.3 Å². The zero-order valence-corrected chi connectivity index (χ0v) is 26.1. The minimum atomic E-state index is -4.87. The molecule has 8 nitrogen and oxygen atoms in total. The topological polar surface area (TPSA) is 118 Å². The molecule has 0 aliphatic heterocycles. The number of nitrogens with one attached hydrogen (secondary N) is 1. The van der Waals surface area contributed by atoms with Crippen LogP contribution in [-0.4, -0.2) is 48.6 Å². The van der Waals surface area contributed by atoms with Gasteiger partial charge in [0.25, 0.3) is 12.3 Å². The van der Waals surface area contributed by atoms with Gasteiger partial charge in [0.15, 0.2) is 5.01 Å². The molecule has 0 amide bonds. The van der Waals surface area contributed by atoms with E-state index in [1.165, 1.54) is 26.0 Å². The van der Waals surface area contributed by atoms with E-state index in [1.54, 1.807) is 4.72 Å². The van der Waals surface area contributed by atoms with Gasteiger partial charge in [0, 0.05) is 18.4 Å². The Morgan fingerprint density at radius 2 is 1.76 bits per heavy atom. The number of carboxylic acids is 1. The van der Waals surface area contributed by atoms with Crippen molar-refractivity contribution in [3.05, 3.63) is 70.7 Å². The minimum absolute atomic E-state index is 0.00211. The van der Waals surface area contributed by atoms with E-state index in [4.69, 9.17) is 4.42 Å². The Hall–Kier alpha value is -3.83. The predicted octanol–water partition coefficient (Wildman–Crippen LogP) is 7.24. The summed E-state index contributed by atoms with van der Waals surface area (Å²) in [6.45, 7) is 4.03. The van der Waals surface area contributed by atoms with Crippen LogP contribution in [0, 0.1) is 17.0 Å². The first kappa shape index (κ1) is 35.0. The number of alkyl halides is 5. The molecule has 2 aromatic heterocycles. The van der Waals surface area contributed by atoms with Gasteiger partial charge in [-0.25, -0.2) is 31.5 Å². The first-order chi connectivity index (χ1) is 21.3. The van der Waals surface area contributed by atoms with Gasteiger partial charge in [-0.05, 0) is 49.9 Å². The monoisotopic (exact) mass is 692 g/mol. The Labute approximate surface area is 262 Å². The van der Waals surface area contributed by atoms with Crippen LogP contribution in [0.25, 0.3) is 21.3 Å². The molecule has 0 aliphatic carbocycles. The second kappa shape index (κ2) is 13.1. The zero-order chi connectivity index (χ0) is 34.2. The number of halogens is 7. The lowest BCUT2D eigenvalue weighted by Gasteiger charge is -2.23. The first-order valence-electron chi connectivity index (χ1n) is 13.5. The third-order valence-corrected chi connectivity index (χ3v) is 9.71. The molecular weight excluding hydrogens is 665 g/mol. The molecule has 1 unspecified atom stereocenters. The summed E-state index contributed by atoms with van der Waals surface area (Å²) in [5.74, 6) is -0.419. The number of thiazole rings is 1. The molecule has 4 rings (SSSR count). The fourth-order valence-corrected chi connectivity index (χ4v) is 6.96. The van der Waals surface area contributed by atoms with E-state index in [-0.39, 0.29) is 40.2 Å². The van der Waals surface area contributed by atoms with Crippen molar-refractivity contribution in [3.8, 4) is 21.3 Å². The quantitative estimate of drug-likeness (QED) is 0.119. The van der Waals surface area contributed by atoms with Crippen LogP contribution in [0.15, 0.2) is 45.7 Å². The minimum Gasteiger partial charge on any atom is -0.481 e. The standard InChI is InChI=1S/C29H27F7N4O4S2/c1-5-19(29(34,35)36)40-46(4,43)18-11-10-16(21(22(18)31)24(32)33)23-17(12-14-6-8-15(30)9-7-14)37-26(45-23)25-39-38-20(44-25)13-28(2,3)27(41)42/h6-11,19,24H,4-5,12-13H2,1-3H3,(H,40,43)(H,41,42)/t19-,46?/m0/s1. The highest BCUT2D eigenvalue weighted by Gasteiger charge is 2.40. The van der Waals surface area contributed by atoms with E-state index >= 15 is 4.39 Å². The van der Waals surface area contributed by atoms with Gasteiger partial charge >= 0.3 is 12.1 Å². The second-order valence-corrected chi connectivity index (χ2v) is 13.9. The predicted molar refractivity (Wildman–Crippen MR) is 157 cm³/mol. The maximum atomic E-state index is 15.8. The number of nitrogens with zero attached hydrogens (tertiary/aromatic N) is 3. The van der Waals surface area contributed by atoms with Crippen molar-refractivity contribution < 1.29 is 49.3 Å². The Bertz CT molecular complexity index is 1840. The summed E-state index contributed by atoms with van der Waals surface area (Å²) in [7, 11) is -4.26. The molecule has 0 spiro atoms. The van der Waals surface area contributed by atoms with Crippen molar-refractivity contribution in [1.82, 2.24) is 19.9 Å². The van der Waals surface area contributed by atoms with Crippen molar-refractivity contribution >= 4 is 32.9 Å². The van der Waals surface area contributed by atoms with Crippen molar-refractivity contribution in [1.29, 1.82) is 0 Å². The summed E-state index contributed by atoms with van der Waals surface area (Å²) in [5.41, 5.74) is -2.33. The molecule has 4 aromatic rings. The number of hydrogen-bond acceptors (Lipinski definition) is 7. The fraction of sp³-hybridized carbons (Fsp3) is 0.345. The molecule has 2 aromatic carbocycles. The van der Waals surface area contributed by atoms with Crippen molar-refractivity contribution in [2.24, 2.45) is 5.41 Å². The summed E-state index contributed by atoms with van der Waals surface area (Å²) >= 11 is 0.748. The third-order valence-electron chi connectivity index (χ3n) is 6.90. The molecule has 17 heteroatoms. The fourth-order valence-electron chi connectivity index (χ4n) is 4.35. The van der Waals surface area contributed by atoms with Gasteiger partial charge in [0.2, 0.25) is 5.89 Å². The van der Waals surface area contributed by atoms with Gasteiger partial charge in [-0.2, -0.15) is 13.2 Å². The average molecular weight is 693 g/mol. The van der Waals surface area contributed by atoms with Gasteiger partial charge < -0.3 is 9.52 Å². The van der Waals surface area contributed by atoms with Crippen LogP contribution >= 0.6 is 11.3 Å². The van der Waals surface area contributed by atoms with Crippen molar-refractivity contribution in [3.63, 3.8) is 0 Å². The number of carboxylic acid groups (broad SMARTS) is 1. The van der Waals surface area contributed by atoms with Gasteiger partial charge in [0.05, 0.1) is 36.2 Å². The maximum absolute atomic E-state index is 15.8. The highest BCUT2D eigenvalue weighted by molar-refractivity contribution is 7.98. The molecule has 2 N–H and O–H groups in total. The molecular formula is C29H27F7N4O4S2. The molecule has 2 atom stereocenters. The summed E-state index contributed by atoms with van der Waals surface area (Å²) in [4.78, 5) is 15.0. The van der Waals surface area contributed by atoms with Crippen molar-refractivity contribution in [2.45, 2.75) is 63.6 Å². The first-order valence-corrected chi connectivity index (χ1v) is 16.0. The molecule has 248 valence electrons. The van der Waals surface area contributed by atoms with Gasteiger partial charge in [-0.15, -0.1) is 21.5 Å². The highest BCUT2D eigenvalue weighted by atomic mass is 32.2. The van der Waals surface area contributed by atoms with E-state index < -0.39 is 73.8 Å². The Morgan fingerprint density at radius 1 is 1.11 bits per heavy atom. The molecule has 0 radical (unpaired) electrons. The molecule has 0 bridgehead atoms. The smallest absolute Gasteiger partial charge is 0.404 e. The van der Waals surface area contributed by atoms with E-state index in [0.29, 0.717) is 5.56 Å². The van der Waals surface area contributed by atoms with Gasteiger partial charge in [-0.1, -0.05) is 25.1 Å². The molecule has 0 saturated carbocycles. The lowest BCUT2D eigenvalue weighted by Crippen LogP contribution is -2.44. The van der Waals surface area contributed by atoms with Gasteiger partial charge in [0.1, 0.15) is 17.7 Å². The Kier molecular flexibility index (Phi) is 9.99. The number of rotatable bonds is 12. The van der Waals surface area contributed by atoms with Crippen LogP contribution in [0.5, 0.6) is 0 Å². The Morgan fingerprint density at radius 3 is 2.33 bits per heavy atom. The highest BCUT2D eigenvalue weighted by Crippen LogP contribution is 2.43. The van der Waals surface area contributed by atoms with Crippen LogP contribution in [0.2, 0.25) is 0 Å². The summed E-state index contributed by atoms with van der Waals surface area (Å²) in [6, 6.07) is 4.63. The molecule has 46 heavy (non-hydrogen) atoms. The summed E-state index contributed by atoms with van der Waals surface area (Å²) in [6.07, 6.45) is -9.19. The van der Waals surface area contributed by atoms with E-state index in [9.17, 15) is 40.5 Å². The molecule has 0 saturated heterocycles. The van der Waals surface area contributed by atoms with Crippen LogP contribution in [0.1, 0.15) is 56.3 Å². The summed E-state index contributed by atoms with van der Waals surface area (Å²) < 4.78 is 119. The van der Waals surface area contributed by atoms with Crippen molar-refractivity contribution in [2.75, 3.05) is 0 Å². The third kappa shape index (κ3) is 7.58. The summed E-state index contributed by atoms with van der Waals surface area (Å²) in [5, 5.41) is 17.2. The lowest BCUT2D eigenvalue weighted by atomic mass is 9.90. The number of carbonyl (C=O) groups is 1.